The van der Waals surface area contributed by atoms with E-state index >= 15 is 0 Å². The third-order valence-corrected chi connectivity index (χ3v) is 2.46. The molecule has 0 aliphatic rings. The summed E-state index contributed by atoms with van der Waals surface area (Å²) in [4.78, 5) is 10.3. The lowest BCUT2D eigenvalue weighted by Crippen LogP contribution is -2.18. The number of carbonyl (C=O) groups is 1. The van der Waals surface area contributed by atoms with Gasteiger partial charge in [-0.15, -0.1) is 0 Å². The molecule has 15 heavy (non-hydrogen) atoms. The first-order chi connectivity index (χ1) is 7.06. The van der Waals surface area contributed by atoms with Crippen LogP contribution in [0.15, 0.2) is 12.1 Å². The van der Waals surface area contributed by atoms with E-state index in [1.54, 1.807) is 6.08 Å². The second kappa shape index (κ2) is 4.82. The summed E-state index contributed by atoms with van der Waals surface area (Å²) in [6, 6.07) is 1.99. The van der Waals surface area contributed by atoms with Crippen molar-refractivity contribution in [3.05, 3.63) is 29.1 Å². The normalized spacial score (nSPS) is 11.1. The Morgan fingerprint density at radius 2 is 2.20 bits per heavy atom. The van der Waals surface area contributed by atoms with Gasteiger partial charge in [0.1, 0.15) is 0 Å². The number of aryl methyl sites for hydroxylation is 1. The number of aliphatic carboxylic acids is 1. The van der Waals surface area contributed by atoms with Crippen molar-refractivity contribution in [1.29, 1.82) is 0 Å². The average Bonchev–Trinajstić information content (AvgIpc) is 2.43. The number of carbonyl (C=O) groups excluding carboxylic acids is 1. The molecule has 1 aromatic rings. The molecule has 0 saturated heterocycles. The molecule has 0 spiro atoms. The van der Waals surface area contributed by atoms with Crippen molar-refractivity contribution in [2.45, 2.75) is 33.7 Å². The summed E-state index contributed by atoms with van der Waals surface area (Å²) in [6.07, 6.45) is 3.72. The lowest BCUT2D eigenvalue weighted by molar-refractivity contribution is -0.297. The maximum absolute atomic E-state index is 10.3. The largest absolute Gasteiger partial charge is 0.545 e. The lowest BCUT2D eigenvalue weighted by atomic mass is 10.2. The zero-order valence-corrected chi connectivity index (χ0v) is 9.41. The highest BCUT2D eigenvalue weighted by atomic mass is 16.4. The van der Waals surface area contributed by atoms with Gasteiger partial charge >= 0.3 is 0 Å². The van der Waals surface area contributed by atoms with E-state index in [4.69, 9.17) is 0 Å². The molecule has 0 unspecified atom stereocenters. The summed E-state index contributed by atoms with van der Waals surface area (Å²) in [5, 5.41) is 10.3. The van der Waals surface area contributed by atoms with Gasteiger partial charge in [0.2, 0.25) is 0 Å². The molecule has 0 saturated carbocycles. The number of rotatable bonds is 4. The van der Waals surface area contributed by atoms with Gasteiger partial charge in [-0.1, -0.05) is 13.0 Å². The molecule has 0 aliphatic heterocycles. The molecule has 0 N–H and O–H groups in total. The molecule has 0 radical (unpaired) electrons. The Morgan fingerprint density at radius 3 is 2.73 bits per heavy atom. The first kappa shape index (κ1) is 11.6. The van der Waals surface area contributed by atoms with Gasteiger partial charge in [0, 0.05) is 17.9 Å². The first-order valence-electron chi connectivity index (χ1n) is 5.12. The van der Waals surface area contributed by atoms with Gasteiger partial charge in [-0.05, 0) is 38.0 Å². The summed E-state index contributed by atoms with van der Waals surface area (Å²) in [5.41, 5.74) is 3.21. The Morgan fingerprint density at radius 1 is 1.53 bits per heavy atom. The van der Waals surface area contributed by atoms with Crippen LogP contribution in [0.1, 0.15) is 30.3 Å². The minimum atomic E-state index is -1.16. The SMILES string of the molecule is CCCn1c(C)cc(/C=C/C(=O)[O-])c1C. The van der Waals surface area contributed by atoms with E-state index in [2.05, 4.69) is 11.5 Å². The Bertz CT molecular complexity index is 389. The average molecular weight is 206 g/mol. The molecule has 0 fully saturated rings. The molecule has 0 aromatic carbocycles. The Kier molecular flexibility index (Phi) is 3.72. The fraction of sp³-hybridized carbons (Fsp3) is 0.417. The van der Waals surface area contributed by atoms with Crippen molar-refractivity contribution in [3.8, 4) is 0 Å². The predicted molar refractivity (Wildman–Crippen MR) is 58.2 cm³/mol. The van der Waals surface area contributed by atoms with E-state index in [0.717, 1.165) is 36.0 Å². The van der Waals surface area contributed by atoms with Crippen LogP contribution in [0.5, 0.6) is 0 Å². The van der Waals surface area contributed by atoms with Crippen LogP contribution >= 0.6 is 0 Å². The quantitative estimate of drug-likeness (QED) is 0.696. The Labute approximate surface area is 90.0 Å². The zero-order valence-electron chi connectivity index (χ0n) is 9.41. The molecule has 82 valence electrons. The van der Waals surface area contributed by atoms with E-state index < -0.39 is 5.97 Å². The second-order valence-corrected chi connectivity index (χ2v) is 3.63. The van der Waals surface area contributed by atoms with Crippen LogP contribution in [-0.4, -0.2) is 10.5 Å². The fourth-order valence-electron chi connectivity index (χ4n) is 1.72. The molecule has 3 heteroatoms. The minimum Gasteiger partial charge on any atom is -0.545 e. The molecule has 0 amide bonds. The summed E-state index contributed by atoms with van der Waals surface area (Å²) >= 11 is 0. The van der Waals surface area contributed by atoms with E-state index in [1.165, 1.54) is 0 Å². The van der Waals surface area contributed by atoms with Crippen molar-refractivity contribution < 1.29 is 9.90 Å². The predicted octanol–water partition coefficient (Wildman–Crippen LogP) is 1.28. The van der Waals surface area contributed by atoms with Crippen LogP contribution in [-0.2, 0) is 11.3 Å². The van der Waals surface area contributed by atoms with Crippen molar-refractivity contribution >= 4 is 12.0 Å². The monoisotopic (exact) mass is 206 g/mol. The van der Waals surface area contributed by atoms with Gasteiger partial charge in [-0.3, -0.25) is 0 Å². The molecule has 0 bridgehead atoms. The molecule has 0 atom stereocenters. The highest BCUT2D eigenvalue weighted by Crippen LogP contribution is 2.16. The molecule has 1 aromatic heterocycles. The van der Waals surface area contributed by atoms with Crippen molar-refractivity contribution in [1.82, 2.24) is 4.57 Å². The standard InChI is InChI=1S/C12H17NO2/c1-4-7-13-9(2)8-11(10(13)3)5-6-12(14)15/h5-6,8H,4,7H2,1-3H3,(H,14,15)/p-1/b6-5+. The molecule has 3 nitrogen and oxygen atoms in total. The van der Waals surface area contributed by atoms with Crippen molar-refractivity contribution in [2.75, 3.05) is 0 Å². The number of carboxylic acid groups (broad SMARTS) is 1. The molecular formula is C12H16NO2-. The Balaban J connectivity index is 3.01. The molecule has 1 heterocycles. The van der Waals surface area contributed by atoms with Crippen LogP contribution < -0.4 is 5.11 Å². The Hall–Kier alpha value is -1.51. The smallest absolute Gasteiger partial charge is 0.0643 e. The van der Waals surface area contributed by atoms with E-state index in [-0.39, 0.29) is 0 Å². The zero-order chi connectivity index (χ0) is 11.4. The van der Waals surface area contributed by atoms with Crippen LogP contribution in [0, 0.1) is 13.8 Å². The third-order valence-electron chi connectivity index (χ3n) is 2.46. The van der Waals surface area contributed by atoms with Crippen LogP contribution in [0.3, 0.4) is 0 Å². The highest BCUT2D eigenvalue weighted by molar-refractivity contribution is 5.83. The topological polar surface area (TPSA) is 45.1 Å². The van der Waals surface area contributed by atoms with Gasteiger partial charge in [-0.25, -0.2) is 0 Å². The van der Waals surface area contributed by atoms with Crippen LogP contribution in [0.4, 0.5) is 0 Å². The van der Waals surface area contributed by atoms with Gasteiger partial charge in [0.15, 0.2) is 0 Å². The van der Waals surface area contributed by atoms with Gasteiger partial charge in [0.05, 0.1) is 5.97 Å². The summed E-state index contributed by atoms with van der Waals surface area (Å²) in [5.74, 6) is -1.16. The summed E-state index contributed by atoms with van der Waals surface area (Å²) in [7, 11) is 0. The van der Waals surface area contributed by atoms with Gasteiger partial charge in [-0.2, -0.15) is 0 Å². The first-order valence-corrected chi connectivity index (χ1v) is 5.12. The molecular weight excluding hydrogens is 190 g/mol. The number of nitrogens with zero attached hydrogens (tertiary/aromatic N) is 1. The summed E-state index contributed by atoms with van der Waals surface area (Å²) < 4.78 is 2.19. The molecule has 0 aliphatic carbocycles. The van der Waals surface area contributed by atoms with E-state index in [9.17, 15) is 9.90 Å². The number of hydrogen-bond donors (Lipinski definition) is 0. The lowest BCUT2D eigenvalue weighted by Gasteiger charge is -2.06. The van der Waals surface area contributed by atoms with Crippen molar-refractivity contribution in [3.63, 3.8) is 0 Å². The third kappa shape index (κ3) is 2.72. The second-order valence-electron chi connectivity index (χ2n) is 3.63. The van der Waals surface area contributed by atoms with Gasteiger partial charge in [0.25, 0.3) is 0 Å². The summed E-state index contributed by atoms with van der Waals surface area (Å²) in [6.45, 7) is 7.11. The number of hydrogen-bond acceptors (Lipinski definition) is 2. The highest BCUT2D eigenvalue weighted by Gasteiger charge is 2.05. The minimum absolute atomic E-state index is 0.949. The fourth-order valence-corrected chi connectivity index (χ4v) is 1.72. The molecule has 1 rings (SSSR count). The van der Waals surface area contributed by atoms with Gasteiger partial charge < -0.3 is 14.5 Å². The van der Waals surface area contributed by atoms with Crippen LogP contribution in [0.25, 0.3) is 6.08 Å². The van der Waals surface area contributed by atoms with Crippen LogP contribution in [0.2, 0.25) is 0 Å². The van der Waals surface area contributed by atoms with Crippen molar-refractivity contribution in [2.24, 2.45) is 0 Å². The maximum Gasteiger partial charge on any atom is 0.0643 e. The van der Waals surface area contributed by atoms with E-state index in [0.29, 0.717) is 0 Å². The number of aromatic nitrogens is 1. The maximum atomic E-state index is 10.3. The number of carboxylic acids is 1. The van der Waals surface area contributed by atoms with E-state index in [1.807, 2.05) is 19.9 Å².